The van der Waals surface area contributed by atoms with Crippen LogP contribution in [0.1, 0.15) is 12.8 Å². The highest BCUT2D eigenvalue weighted by Gasteiger charge is 2.32. The molecular formula is C13H14N4O2S. The number of pyridine rings is 1. The predicted octanol–water partition coefficient (Wildman–Crippen LogP) is 1.85. The summed E-state index contributed by atoms with van der Waals surface area (Å²) in [5, 5.41) is 15.1. The Kier molecular flexibility index (Phi) is 3.51. The second-order valence-corrected chi connectivity index (χ2v) is 5.40. The number of hydrogen-bond acceptors (Lipinski definition) is 6. The molecule has 1 atom stereocenters. The molecule has 2 N–H and O–H groups in total. The van der Waals surface area contributed by atoms with E-state index in [2.05, 4.69) is 15.3 Å². The van der Waals surface area contributed by atoms with Crippen molar-refractivity contribution in [3.8, 4) is 5.75 Å². The van der Waals surface area contributed by atoms with Crippen LogP contribution in [0.15, 0.2) is 29.9 Å². The minimum atomic E-state index is -0.262. The van der Waals surface area contributed by atoms with E-state index >= 15 is 0 Å². The van der Waals surface area contributed by atoms with Gasteiger partial charge in [-0.25, -0.2) is 9.97 Å². The summed E-state index contributed by atoms with van der Waals surface area (Å²) in [5.74, 6) is 0.00911. The molecule has 3 rings (SSSR count). The Hall–Kier alpha value is -2.15. The van der Waals surface area contributed by atoms with Crippen molar-refractivity contribution in [3.05, 3.63) is 29.9 Å². The third kappa shape index (κ3) is 2.44. The number of rotatable bonds is 3. The van der Waals surface area contributed by atoms with Crippen molar-refractivity contribution in [1.82, 2.24) is 9.97 Å². The highest BCUT2D eigenvalue weighted by molar-refractivity contribution is 7.13. The zero-order chi connectivity index (χ0) is 13.9. The largest absolute Gasteiger partial charge is 0.504 e. The van der Waals surface area contributed by atoms with E-state index in [0.29, 0.717) is 0 Å². The van der Waals surface area contributed by atoms with Crippen LogP contribution in [0.25, 0.3) is 0 Å². The average molecular weight is 290 g/mol. The van der Waals surface area contributed by atoms with Gasteiger partial charge in [0, 0.05) is 24.3 Å². The molecule has 6 nitrogen and oxygen atoms in total. The number of carbonyl (C=O) groups is 1. The molecule has 1 saturated heterocycles. The molecule has 0 spiro atoms. The lowest BCUT2D eigenvalue weighted by Gasteiger charge is -2.22. The second kappa shape index (κ2) is 5.46. The first-order chi connectivity index (χ1) is 9.75. The van der Waals surface area contributed by atoms with Gasteiger partial charge in [0.05, 0.1) is 0 Å². The molecule has 1 fully saturated rings. The lowest BCUT2D eigenvalue weighted by molar-refractivity contribution is -0.117. The maximum absolute atomic E-state index is 12.3. The van der Waals surface area contributed by atoms with Crippen molar-refractivity contribution in [2.45, 2.75) is 18.9 Å². The zero-order valence-electron chi connectivity index (χ0n) is 10.7. The molecule has 1 aliphatic rings. The lowest BCUT2D eigenvalue weighted by Crippen LogP contribution is -2.39. The minimum Gasteiger partial charge on any atom is -0.504 e. The van der Waals surface area contributed by atoms with Crippen LogP contribution in [-0.4, -0.2) is 33.6 Å². The average Bonchev–Trinajstić information content (AvgIpc) is 3.11. The van der Waals surface area contributed by atoms with E-state index in [0.717, 1.165) is 24.5 Å². The fourth-order valence-corrected chi connectivity index (χ4v) is 3.04. The number of aromatic nitrogens is 2. The van der Waals surface area contributed by atoms with Crippen molar-refractivity contribution in [2.24, 2.45) is 0 Å². The number of nitrogens with one attached hydrogen (secondary N) is 1. The molecule has 1 amide bonds. The van der Waals surface area contributed by atoms with E-state index < -0.39 is 0 Å². The standard InChI is InChI=1S/C13H14N4O2S/c18-10-4-1-5-14-11(10)16-12(19)9-3-2-7-17(9)13-15-6-8-20-13/h1,4-6,8-9,18H,2-3,7H2,(H,14,16,19)/t9-/m0/s1. The maximum Gasteiger partial charge on any atom is 0.248 e. The predicted molar refractivity (Wildman–Crippen MR) is 77.0 cm³/mol. The van der Waals surface area contributed by atoms with E-state index in [1.54, 1.807) is 12.3 Å². The third-order valence-electron chi connectivity index (χ3n) is 3.25. The first kappa shape index (κ1) is 12.9. The maximum atomic E-state index is 12.3. The fraction of sp³-hybridized carbons (Fsp3) is 0.308. The van der Waals surface area contributed by atoms with Gasteiger partial charge in [0.15, 0.2) is 16.7 Å². The number of aromatic hydroxyl groups is 1. The van der Waals surface area contributed by atoms with Gasteiger partial charge in [-0.3, -0.25) is 4.79 Å². The number of anilines is 2. The van der Waals surface area contributed by atoms with Crippen LogP contribution in [0.3, 0.4) is 0 Å². The Balaban J connectivity index is 1.75. The highest BCUT2D eigenvalue weighted by atomic mass is 32.1. The summed E-state index contributed by atoms with van der Waals surface area (Å²) in [7, 11) is 0. The molecule has 104 valence electrons. The molecule has 0 aliphatic carbocycles. The van der Waals surface area contributed by atoms with Crippen LogP contribution >= 0.6 is 11.3 Å². The molecule has 20 heavy (non-hydrogen) atoms. The Morgan fingerprint density at radius 1 is 1.45 bits per heavy atom. The van der Waals surface area contributed by atoms with Gasteiger partial charge in [-0.05, 0) is 25.0 Å². The van der Waals surface area contributed by atoms with Gasteiger partial charge in [0.2, 0.25) is 5.91 Å². The minimum absolute atomic E-state index is 0.0281. The Bertz CT molecular complexity index is 602. The van der Waals surface area contributed by atoms with E-state index in [-0.39, 0.29) is 23.5 Å². The van der Waals surface area contributed by atoms with Gasteiger partial charge in [-0.15, -0.1) is 11.3 Å². The highest BCUT2D eigenvalue weighted by Crippen LogP contribution is 2.28. The molecule has 0 radical (unpaired) electrons. The van der Waals surface area contributed by atoms with Crippen molar-refractivity contribution in [3.63, 3.8) is 0 Å². The molecular weight excluding hydrogens is 276 g/mol. The Morgan fingerprint density at radius 2 is 2.35 bits per heavy atom. The molecule has 2 aromatic rings. The third-order valence-corrected chi connectivity index (χ3v) is 4.06. The summed E-state index contributed by atoms with van der Waals surface area (Å²) >= 11 is 1.52. The molecule has 0 bridgehead atoms. The molecule has 0 aromatic carbocycles. The first-order valence-corrected chi connectivity index (χ1v) is 7.24. The normalized spacial score (nSPS) is 18.2. The number of nitrogens with zero attached hydrogens (tertiary/aromatic N) is 3. The van der Waals surface area contributed by atoms with Crippen LogP contribution in [-0.2, 0) is 4.79 Å². The summed E-state index contributed by atoms with van der Waals surface area (Å²) in [6.07, 6.45) is 4.99. The van der Waals surface area contributed by atoms with Gasteiger partial charge >= 0.3 is 0 Å². The van der Waals surface area contributed by atoms with Crippen molar-refractivity contribution in [2.75, 3.05) is 16.8 Å². The number of hydrogen-bond donors (Lipinski definition) is 2. The van der Waals surface area contributed by atoms with Gasteiger partial charge in [-0.1, -0.05) is 0 Å². The van der Waals surface area contributed by atoms with Crippen LogP contribution in [0.4, 0.5) is 10.9 Å². The summed E-state index contributed by atoms with van der Waals surface area (Å²) < 4.78 is 0. The van der Waals surface area contributed by atoms with E-state index in [4.69, 9.17) is 0 Å². The van der Waals surface area contributed by atoms with Crippen molar-refractivity contribution < 1.29 is 9.90 Å². The number of amides is 1. The Morgan fingerprint density at radius 3 is 3.10 bits per heavy atom. The molecule has 0 unspecified atom stereocenters. The second-order valence-electron chi connectivity index (χ2n) is 4.53. The van der Waals surface area contributed by atoms with Crippen LogP contribution in [0, 0.1) is 0 Å². The molecule has 1 aliphatic heterocycles. The smallest absolute Gasteiger partial charge is 0.248 e. The molecule has 0 saturated carbocycles. The number of carbonyl (C=O) groups excluding carboxylic acids is 1. The lowest BCUT2D eigenvalue weighted by atomic mass is 10.2. The van der Waals surface area contributed by atoms with Crippen molar-refractivity contribution >= 4 is 28.2 Å². The quantitative estimate of drug-likeness (QED) is 0.902. The fourth-order valence-electron chi connectivity index (χ4n) is 2.32. The van der Waals surface area contributed by atoms with E-state index in [1.807, 2.05) is 10.3 Å². The Labute approximate surface area is 120 Å². The van der Waals surface area contributed by atoms with Crippen LogP contribution in [0.2, 0.25) is 0 Å². The van der Waals surface area contributed by atoms with Gasteiger partial charge in [0.25, 0.3) is 0 Å². The SMILES string of the molecule is O=C(Nc1ncccc1O)[C@@H]1CCCN1c1nccs1. The number of thiazole rings is 1. The van der Waals surface area contributed by atoms with Gasteiger partial charge in [0.1, 0.15) is 6.04 Å². The van der Waals surface area contributed by atoms with E-state index in [1.165, 1.54) is 23.6 Å². The van der Waals surface area contributed by atoms with Crippen LogP contribution < -0.4 is 10.2 Å². The van der Waals surface area contributed by atoms with Gasteiger partial charge < -0.3 is 15.3 Å². The zero-order valence-corrected chi connectivity index (χ0v) is 11.5. The van der Waals surface area contributed by atoms with E-state index in [9.17, 15) is 9.90 Å². The monoisotopic (exact) mass is 290 g/mol. The molecule has 2 aromatic heterocycles. The van der Waals surface area contributed by atoms with Crippen LogP contribution in [0.5, 0.6) is 5.75 Å². The summed E-state index contributed by atoms with van der Waals surface area (Å²) in [6, 6.07) is 2.85. The molecule has 7 heteroatoms. The van der Waals surface area contributed by atoms with Crippen molar-refractivity contribution in [1.29, 1.82) is 0 Å². The topological polar surface area (TPSA) is 78.3 Å². The van der Waals surface area contributed by atoms with Gasteiger partial charge in [-0.2, -0.15) is 0 Å². The molecule has 3 heterocycles. The summed E-state index contributed by atoms with van der Waals surface area (Å²) in [4.78, 5) is 22.6. The summed E-state index contributed by atoms with van der Waals surface area (Å²) in [5.41, 5.74) is 0. The summed E-state index contributed by atoms with van der Waals surface area (Å²) in [6.45, 7) is 0.819. The first-order valence-electron chi connectivity index (χ1n) is 6.36.